The number of amides is 3. The first-order valence-corrected chi connectivity index (χ1v) is 13.4. The Kier molecular flexibility index (Phi) is 9.45. The van der Waals surface area contributed by atoms with Crippen molar-refractivity contribution in [2.75, 3.05) is 38.6 Å². The van der Waals surface area contributed by atoms with Crippen LogP contribution in [0.5, 0.6) is 5.88 Å². The standard InChI is InChI=1S/C25H31F2N5O5S/c1-36-24(34)19-22(31-38-23(19)30-25(35)28-10-2-3-11-32-12-4-5-13-32)37-14-17-18(26)9-8-16(20(17)27)21(33)29-15-6-7-15/h8-9,15H,2-7,10-14H2,1H3,(H,29,33)(H2,28,30,35). The molecule has 1 aliphatic carbocycles. The van der Waals surface area contributed by atoms with E-state index in [0.29, 0.717) is 6.54 Å². The van der Waals surface area contributed by atoms with E-state index in [1.165, 1.54) is 12.8 Å². The number of esters is 1. The third kappa shape index (κ3) is 7.16. The fourth-order valence-corrected chi connectivity index (χ4v) is 4.81. The van der Waals surface area contributed by atoms with Crippen LogP contribution in [-0.2, 0) is 11.3 Å². The number of unbranched alkanes of at least 4 members (excludes halogenated alkanes) is 1. The SMILES string of the molecule is COC(=O)c1c(OCc2c(F)ccc(C(=O)NC3CC3)c2F)nsc1NC(=O)NCCCCN1CCCC1. The zero-order valence-corrected chi connectivity index (χ0v) is 21.9. The highest BCUT2D eigenvalue weighted by atomic mass is 32.1. The number of halogens is 2. The summed E-state index contributed by atoms with van der Waals surface area (Å²) in [7, 11) is 1.15. The molecule has 2 aliphatic rings. The molecule has 38 heavy (non-hydrogen) atoms. The summed E-state index contributed by atoms with van der Waals surface area (Å²) in [6, 6.07) is 1.52. The number of nitrogens with one attached hydrogen (secondary N) is 3. The third-order valence-electron chi connectivity index (χ3n) is 6.36. The van der Waals surface area contributed by atoms with Gasteiger partial charge < -0.3 is 25.0 Å². The first-order valence-electron chi connectivity index (χ1n) is 12.6. The largest absolute Gasteiger partial charge is 0.471 e. The lowest BCUT2D eigenvalue weighted by atomic mass is 10.1. The molecule has 0 radical (unpaired) electrons. The molecule has 3 N–H and O–H groups in total. The molecule has 10 nitrogen and oxygen atoms in total. The lowest BCUT2D eigenvalue weighted by Gasteiger charge is -2.14. The normalized spacial score (nSPS) is 15.2. The van der Waals surface area contributed by atoms with Gasteiger partial charge in [0.05, 0.1) is 18.2 Å². The monoisotopic (exact) mass is 551 g/mol. The first-order chi connectivity index (χ1) is 18.4. The topological polar surface area (TPSA) is 122 Å². The fourth-order valence-electron chi connectivity index (χ4n) is 4.09. The van der Waals surface area contributed by atoms with Crippen LogP contribution in [0.1, 0.15) is 64.8 Å². The molecule has 0 unspecified atom stereocenters. The van der Waals surface area contributed by atoms with Crippen LogP contribution in [-0.4, -0.2) is 66.5 Å². The van der Waals surface area contributed by atoms with Crippen molar-refractivity contribution in [2.45, 2.75) is 51.2 Å². The Labute approximate surface area is 223 Å². The molecule has 0 spiro atoms. The summed E-state index contributed by atoms with van der Waals surface area (Å²) in [5.74, 6) is -3.70. The second-order valence-electron chi connectivity index (χ2n) is 9.24. The van der Waals surface area contributed by atoms with Gasteiger partial charge in [-0.25, -0.2) is 18.4 Å². The zero-order valence-electron chi connectivity index (χ0n) is 21.1. The summed E-state index contributed by atoms with van der Waals surface area (Å²) in [5.41, 5.74) is -0.966. The van der Waals surface area contributed by atoms with E-state index in [1.54, 1.807) is 0 Å². The van der Waals surface area contributed by atoms with Crippen molar-refractivity contribution < 1.29 is 32.6 Å². The second-order valence-corrected chi connectivity index (χ2v) is 10.0. The number of ether oxygens (including phenoxy) is 2. The third-order valence-corrected chi connectivity index (χ3v) is 7.11. The molecule has 206 valence electrons. The molecule has 2 fully saturated rings. The van der Waals surface area contributed by atoms with Crippen molar-refractivity contribution >= 4 is 34.4 Å². The van der Waals surface area contributed by atoms with E-state index in [-0.39, 0.29) is 28.0 Å². The number of hydrogen-bond donors (Lipinski definition) is 3. The quantitative estimate of drug-likeness (QED) is 0.272. The van der Waals surface area contributed by atoms with Crippen LogP contribution in [0.3, 0.4) is 0 Å². The molecule has 4 rings (SSSR count). The Hall–Kier alpha value is -3.32. The molecule has 3 amide bonds. The van der Waals surface area contributed by atoms with Crippen LogP contribution < -0.4 is 20.7 Å². The number of urea groups is 1. The molecule has 0 bridgehead atoms. The number of carbonyl (C=O) groups is 3. The van der Waals surface area contributed by atoms with Crippen molar-refractivity contribution in [2.24, 2.45) is 0 Å². The minimum absolute atomic E-state index is 0.00215. The maximum atomic E-state index is 15.0. The summed E-state index contributed by atoms with van der Waals surface area (Å²) < 4.78 is 43.6. The van der Waals surface area contributed by atoms with Gasteiger partial charge in [0.25, 0.3) is 5.91 Å². The summed E-state index contributed by atoms with van der Waals surface area (Å²) in [6.07, 6.45) is 5.87. The van der Waals surface area contributed by atoms with Gasteiger partial charge in [0.2, 0.25) is 5.88 Å². The molecular weight excluding hydrogens is 520 g/mol. The van der Waals surface area contributed by atoms with E-state index >= 15 is 0 Å². The van der Waals surface area contributed by atoms with Crippen LogP contribution in [0.2, 0.25) is 0 Å². The van der Waals surface area contributed by atoms with Crippen LogP contribution in [0.15, 0.2) is 12.1 Å². The maximum absolute atomic E-state index is 15.0. The highest BCUT2D eigenvalue weighted by Gasteiger charge is 2.28. The van der Waals surface area contributed by atoms with E-state index in [9.17, 15) is 23.2 Å². The van der Waals surface area contributed by atoms with Gasteiger partial charge in [0.15, 0.2) is 5.56 Å². The van der Waals surface area contributed by atoms with Crippen molar-refractivity contribution in [3.05, 3.63) is 40.5 Å². The van der Waals surface area contributed by atoms with E-state index < -0.39 is 41.7 Å². The molecule has 0 atom stereocenters. The maximum Gasteiger partial charge on any atom is 0.346 e. The van der Waals surface area contributed by atoms with Crippen LogP contribution in [0.4, 0.5) is 18.6 Å². The molecular formula is C25H31F2N5O5S. The second kappa shape index (κ2) is 13.0. The molecule has 1 aliphatic heterocycles. The van der Waals surface area contributed by atoms with Crippen molar-refractivity contribution in [3.8, 4) is 5.88 Å². The highest BCUT2D eigenvalue weighted by molar-refractivity contribution is 7.11. The average molecular weight is 552 g/mol. The van der Waals surface area contributed by atoms with Gasteiger partial charge in [-0.05, 0) is 81.8 Å². The van der Waals surface area contributed by atoms with E-state index in [1.807, 2.05) is 0 Å². The van der Waals surface area contributed by atoms with Crippen LogP contribution in [0.25, 0.3) is 0 Å². The van der Waals surface area contributed by atoms with Gasteiger partial charge in [-0.1, -0.05) is 0 Å². The van der Waals surface area contributed by atoms with Gasteiger partial charge in [0, 0.05) is 12.6 Å². The number of likely N-dealkylation sites (tertiary alicyclic amines) is 1. The van der Waals surface area contributed by atoms with Crippen LogP contribution in [0, 0.1) is 11.6 Å². The Morgan fingerprint density at radius 1 is 1.16 bits per heavy atom. The van der Waals surface area contributed by atoms with E-state index in [0.717, 1.165) is 76.1 Å². The van der Waals surface area contributed by atoms with E-state index in [4.69, 9.17) is 9.47 Å². The van der Waals surface area contributed by atoms with Gasteiger partial charge in [-0.3, -0.25) is 10.1 Å². The number of aromatic nitrogens is 1. The summed E-state index contributed by atoms with van der Waals surface area (Å²) in [4.78, 5) is 39.5. The van der Waals surface area contributed by atoms with Crippen molar-refractivity contribution in [3.63, 3.8) is 0 Å². The van der Waals surface area contributed by atoms with Gasteiger partial charge in [-0.2, -0.15) is 4.37 Å². The highest BCUT2D eigenvalue weighted by Crippen LogP contribution is 2.32. The Bertz CT molecular complexity index is 1170. The number of rotatable bonds is 12. The minimum Gasteiger partial charge on any atom is -0.471 e. The number of carbonyl (C=O) groups excluding carboxylic acids is 3. The fraction of sp³-hybridized carbons (Fsp3) is 0.520. The van der Waals surface area contributed by atoms with Gasteiger partial charge >= 0.3 is 12.0 Å². The Morgan fingerprint density at radius 3 is 2.63 bits per heavy atom. The Balaban J connectivity index is 1.36. The van der Waals surface area contributed by atoms with Crippen LogP contribution >= 0.6 is 11.5 Å². The molecule has 1 aromatic carbocycles. The number of nitrogens with zero attached hydrogens (tertiary/aromatic N) is 2. The number of hydrogen-bond acceptors (Lipinski definition) is 8. The number of anilines is 1. The Morgan fingerprint density at radius 2 is 1.92 bits per heavy atom. The van der Waals surface area contributed by atoms with Gasteiger partial charge in [-0.15, -0.1) is 0 Å². The average Bonchev–Trinajstić information content (AvgIpc) is 3.38. The molecule has 1 saturated heterocycles. The molecule has 1 aromatic heterocycles. The molecule has 13 heteroatoms. The number of benzene rings is 1. The van der Waals surface area contributed by atoms with E-state index in [2.05, 4.69) is 25.2 Å². The first kappa shape index (κ1) is 27.7. The molecule has 2 aromatic rings. The van der Waals surface area contributed by atoms with Gasteiger partial charge in [0.1, 0.15) is 23.2 Å². The number of methoxy groups -OCH3 is 1. The minimum atomic E-state index is -1.06. The predicted molar refractivity (Wildman–Crippen MR) is 137 cm³/mol. The molecule has 2 heterocycles. The lowest BCUT2D eigenvalue weighted by Crippen LogP contribution is -2.30. The summed E-state index contributed by atoms with van der Waals surface area (Å²) >= 11 is 0.768. The summed E-state index contributed by atoms with van der Waals surface area (Å²) in [6.45, 7) is 3.07. The summed E-state index contributed by atoms with van der Waals surface area (Å²) in [5, 5.41) is 8.02. The zero-order chi connectivity index (χ0) is 27.1. The smallest absolute Gasteiger partial charge is 0.346 e. The lowest BCUT2D eigenvalue weighted by molar-refractivity contribution is 0.0596. The predicted octanol–water partition coefficient (Wildman–Crippen LogP) is 3.68. The van der Waals surface area contributed by atoms with Crippen molar-refractivity contribution in [1.29, 1.82) is 0 Å². The van der Waals surface area contributed by atoms with Crippen molar-refractivity contribution in [1.82, 2.24) is 19.9 Å². The molecule has 1 saturated carbocycles.